The zero-order valence-corrected chi connectivity index (χ0v) is 8.32. The van der Waals surface area contributed by atoms with Crippen LogP contribution >= 0.6 is 23.4 Å². The van der Waals surface area contributed by atoms with Crippen LogP contribution in [-0.4, -0.2) is 11.0 Å². The summed E-state index contributed by atoms with van der Waals surface area (Å²) in [6.45, 7) is 0. The highest BCUT2D eigenvalue weighted by molar-refractivity contribution is 8.00. The molecule has 0 saturated carbocycles. The van der Waals surface area contributed by atoms with Gasteiger partial charge >= 0.3 is 0 Å². The minimum absolute atomic E-state index is 0.106. The Morgan fingerprint density at radius 2 is 2.00 bits per heavy atom. The summed E-state index contributed by atoms with van der Waals surface area (Å²) in [5, 5.41) is 0. The van der Waals surface area contributed by atoms with Crippen LogP contribution in [0, 0.1) is 11.8 Å². The monoisotopic (exact) mass is 196 g/mol. The van der Waals surface area contributed by atoms with Crippen LogP contribution in [0.5, 0.6) is 0 Å². The molecule has 0 fully saturated rings. The number of thioether (sulfide) groups is 1. The third-order valence-corrected chi connectivity index (χ3v) is 2.49. The zero-order chi connectivity index (χ0) is 8.81. The quantitative estimate of drug-likeness (QED) is 0.492. The molecule has 0 spiro atoms. The van der Waals surface area contributed by atoms with Gasteiger partial charge in [-0.2, -0.15) is 0 Å². The van der Waals surface area contributed by atoms with Gasteiger partial charge in [-0.1, -0.05) is 41.6 Å². The Bertz CT molecular complexity index is 284. The molecule has 0 heterocycles. The van der Waals surface area contributed by atoms with E-state index in [-0.39, 0.29) is 4.71 Å². The topological polar surface area (TPSA) is 0 Å². The third-order valence-electron chi connectivity index (χ3n) is 1.31. The van der Waals surface area contributed by atoms with Gasteiger partial charge in [-0.05, 0) is 18.4 Å². The summed E-state index contributed by atoms with van der Waals surface area (Å²) in [5.41, 5.74) is 1.01. The molecule has 1 atom stereocenters. The Morgan fingerprint density at radius 1 is 1.33 bits per heavy atom. The van der Waals surface area contributed by atoms with Crippen molar-refractivity contribution >= 4 is 23.4 Å². The molecule has 0 saturated heterocycles. The lowest BCUT2D eigenvalue weighted by Gasteiger charge is -1.92. The van der Waals surface area contributed by atoms with Crippen LogP contribution in [0.4, 0.5) is 0 Å². The van der Waals surface area contributed by atoms with E-state index in [4.69, 9.17) is 11.6 Å². The molecule has 1 unspecified atom stereocenters. The number of hydrogen-bond acceptors (Lipinski definition) is 1. The lowest BCUT2D eigenvalue weighted by Crippen LogP contribution is -1.83. The number of halogens is 1. The summed E-state index contributed by atoms with van der Waals surface area (Å²) in [6, 6.07) is 9.84. The minimum Gasteiger partial charge on any atom is -0.133 e. The van der Waals surface area contributed by atoms with E-state index in [0.717, 1.165) is 5.56 Å². The van der Waals surface area contributed by atoms with E-state index in [2.05, 4.69) is 11.8 Å². The Labute approximate surface area is 82.3 Å². The third kappa shape index (κ3) is 3.21. The fourth-order valence-electron chi connectivity index (χ4n) is 0.720. The van der Waals surface area contributed by atoms with E-state index >= 15 is 0 Å². The average Bonchev–Trinajstić information content (AvgIpc) is 2.16. The summed E-state index contributed by atoms with van der Waals surface area (Å²) >= 11 is 7.34. The van der Waals surface area contributed by atoms with Crippen molar-refractivity contribution in [2.24, 2.45) is 0 Å². The zero-order valence-electron chi connectivity index (χ0n) is 6.75. The minimum atomic E-state index is -0.106. The Balaban J connectivity index is 2.67. The Hall–Kier alpha value is -0.580. The highest BCUT2D eigenvalue weighted by Crippen LogP contribution is 2.09. The van der Waals surface area contributed by atoms with Gasteiger partial charge in [0.05, 0.1) is 0 Å². The molecule has 0 bridgehead atoms. The van der Waals surface area contributed by atoms with Crippen LogP contribution in [0.2, 0.25) is 0 Å². The lowest BCUT2D eigenvalue weighted by atomic mass is 10.2. The molecular formula is C10H9ClS. The highest BCUT2D eigenvalue weighted by Gasteiger charge is 1.92. The van der Waals surface area contributed by atoms with Crippen molar-refractivity contribution < 1.29 is 0 Å². The van der Waals surface area contributed by atoms with Crippen molar-refractivity contribution in [3.8, 4) is 11.8 Å². The second-order valence-electron chi connectivity index (χ2n) is 2.19. The fraction of sp³-hybridized carbons (Fsp3) is 0.200. The highest BCUT2D eigenvalue weighted by atomic mass is 35.5. The van der Waals surface area contributed by atoms with E-state index in [1.54, 1.807) is 0 Å². The van der Waals surface area contributed by atoms with Crippen LogP contribution in [0.15, 0.2) is 30.3 Å². The molecule has 1 aromatic rings. The van der Waals surface area contributed by atoms with Crippen LogP contribution in [0.3, 0.4) is 0 Å². The van der Waals surface area contributed by atoms with E-state index in [0.29, 0.717) is 0 Å². The van der Waals surface area contributed by atoms with Crippen LogP contribution in [0.1, 0.15) is 5.56 Å². The van der Waals surface area contributed by atoms with Crippen molar-refractivity contribution in [3.05, 3.63) is 35.9 Å². The van der Waals surface area contributed by atoms with Gasteiger partial charge in [0.25, 0.3) is 0 Å². The first-order valence-electron chi connectivity index (χ1n) is 3.56. The normalized spacial score (nSPS) is 11.5. The van der Waals surface area contributed by atoms with E-state index in [9.17, 15) is 0 Å². The number of rotatable bonds is 1. The first-order chi connectivity index (χ1) is 5.83. The fourth-order valence-corrected chi connectivity index (χ4v) is 0.952. The van der Waals surface area contributed by atoms with Crippen molar-refractivity contribution in [2.45, 2.75) is 4.71 Å². The van der Waals surface area contributed by atoms with Crippen molar-refractivity contribution in [2.75, 3.05) is 6.26 Å². The molecule has 0 nitrogen and oxygen atoms in total. The summed E-state index contributed by atoms with van der Waals surface area (Å²) in [6.07, 6.45) is 1.94. The van der Waals surface area contributed by atoms with Gasteiger partial charge in [0.15, 0.2) is 0 Å². The second-order valence-corrected chi connectivity index (χ2v) is 3.83. The predicted octanol–water partition coefficient (Wildman–Crippen LogP) is 2.97. The Morgan fingerprint density at radius 3 is 2.58 bits per heavy atom. The SMILES string of the molecule is CSC(Cl)C#Cc1ccccc1. The molecule has 0 aliphatic heterocycles. The van der Waals surface area contributed by atoms with Crippen molar-refractivity contribution in [3.63, 3.8) is 0 Å². The first-order valence-corrected chi connectivity index (χ1v) is 5.29. The lowest BCUT2D eigenvalue weighted by molar-refractivity contribution is 1.63. The number of benzene rings is 1. The summed E-state index contributed by atoms with van der Waals surface area (Å²) < 4.78 is -0.106. The standard InChI is InChI=1S/C10H9ClS/c1-12-10(11)8-7-9-5-3-2-4-6-9/h2-6,10H,1H3. The summed E-state index contributed by atoms with van der Waals surface area (Å²) in [5.74, 6) is 5.92. The van der Waals surface area contributed by atoms with E-state index in [1.165, 1.54) is 11.8 Å². The second kappa shape index (κ2) is 5.13. The molecule has 1 rings (SSSR count). The van der Waals surface area contributed by atoms with Crippen molar-refractivity contribution in [1.29, 1.82) is 0 Å². The van der Waals surface area contributed by atoms with Gasteiger partial charge in [0, 0.05) is 5.56 Å². The number of hydrogen-bond donors (Lipinski definition) is 0. The largest absolute Gasteiger partial charge is 0.140 e. The number of alkyl halides is 1. The van der Waals surface area contributed by atoms with E-state index in [1.807, 2.05) is 36.6 Å². The van der Waals surface area contributed by atoms with Crippen LogP contribution in [0.25, 0.3) is 0 Å². The maximum Gasteiger partial charge on any atom is 0.140 e. The molecule has 0 aliphatic carbocycles. The maximum atomic E-state index is 5.80. The average molecular weight is 197 g/mol. The first kappa shape index (κ1) is 9.51. The molecule has 12 heavy (non-hydrogen) atoms. The van der Waals surface area contributed by atoms with Gasteiger partial charge in [-0.25, -0.2) is 0 Å². The van der Waals surface area contributed by atoms with Gasteiger partial charge in [0.1, 0.15) is 4.71 Å². The van der Waals surface area contributed by atoms with Crippen molar-refractivity contribution in [1.82, 2.24) is 0 Å². The molecule has 62 valence electrons. The van der Waals surface area contributed by atoms with Gasteiger partial charge < -0.3 is 0 Å². The van der Waals surface area contributed by atoms with Gasteiger partial charge in [-0.15, -0.1) is 11.8 Å². The smallest absolute Gasteiger partial charge is 0.133 e. The van der Waals surface area contributed by atoms with Crippen LogP contribution in [-0.2, 0) is 0 Å². The maximum absolute atomic E-state index is 5.80. The molecule has 0 N–H and O–H groups in total. The van der Waals surface area contributed by atoms with Gasteiger partial charge in [0.2, 0.25) is 0 Å². The molecule has 0 amide bonds. The van der Waals surface area contributed by atoms with Crippen LogP contribution < -0.4 is 0 Å². The molecule has 0 aliphatic rings. The molecule has 0 aromatic heterocycles. The molecular weight excluding hydrogens is 188 g/mol. The van der Waals surface area contributed by atoms with Gasteiger partial charge in [-0.3, -0.25) is 0 Å². The Kier molecular flexibility index (Phi) is 4.07. The summed E-state index contributed by atoms with van der Waals surface area (Å²) in [4.78, 5) is 0. The van der Waals surface area contributed by atoms with E-state index < -0.39 is 0 Å². The molecule has 1 aromatic carbocycles. The predicted molar refractivity (Wildman–Crippen MR) is 56.5 cm³/mol. The molecule has 2 heteroatoms. The summed E-state index contributed by atoms with van der Waals surface area (Å²) in [7, 11) is 0. The molecule has 0 radical (unpaired) electrons.